The molecule has 0 aliphatic carbocycles. The van der Waals surface area contributed by atoms with Crippen LogP contribution in [0.25, 0.3) is 0 Å². The van der Waals surface area contributed by atoms with Gasteiger partial charge in [0.25, 0.3) is 0 Å². The van der Waals surface area contributed by atoms with Crippen LogP contribution in [0.4, 0.5) is 4.39 Å². The minimum absolute atomic E-state index is 0.0428. The normalized spacial score (nSPS) is 10.6. The Morgan fingerprint density at radius 2 is 2.23 bits per heavy atom. The minimum Gasteiger partial charge on any atom is -0.469 e. The van der Waals surface area contributed by atoms with Crippen molar-refractivity contribution < 1.29 is 13.6 Å². The van der Waals surface area contributed by atoms with Crippen molar-refractivity contribution >= 4 is 29.3 Å². The van der Waals surface area contributed by atoms with Crippen molar-refractivity contribution in [3.8, 4) is 0 Å². The Morgan fingerprint density at radius 1 is 1.36 bits per heavy atom. The van der Waals surface area contributed by atoms with Crippen molar-refractivity contribution in [1.82, 2.24) is 5.32 Å². The van der Waals surface area contributed by atoms with Gasteiger partial charge in [0.05, 0.1) is 12.0 Å². The number of furan rings is 1. The summed E-state index contributed by atoms with van der Waals surface area (Å²) in [4.78, 5) is 11.7. The van der Waals surface area contributed by atoms with E-state index >= 15 is 0 Å². The summed E-state index contributed by atoms with van der Waals surface area (Å²) in [7, 11) is 0. The Morgan fingerprint density at radius 3 is 2.95 bits per heavy atom. The minimum atomic E-state index is -0.334. The summed E-state index contributed by atoms with van der Waals surface area (Å²) in [5, 5.41) is 3.21. The van der Waals surface area contributed by atoms with E-state index in [0.717, 1.165) is 18.6 Å². The highest BCUT2D eigenvalue weighted by molar-refractivity contribution is 7.99. The molecule has 3 nitrogen and oxygen atoms in total. The van der Waals surface area contributed by atoms with E-state index in [-0.39, 0.29) is 11.7 Å². The van der Waals surface area contributed by atoms with Crippen LogP contribution in [0.5, 0.6) is 0 Å². The lowest BCUT2D eigenvalue weighted by Gasteiger charge is -2.05. The van der Waals surface area contributed by atoms with Crippen LogP contribution >= 0.6 is 23.4 Å². The maximum Gasteiger partial charge on any atom is 0.230 e. The average Bonchev–Trinajstić information content (AvgIpc) is 2.99. The van der Waals surface area contributed by atoms with Gasteiger partial charge >= 0.3 is 0 Å². The predicted octanol–water partition coefficient (Wildman–Crippen LogP) is 4.05. The summed E-state index contributed by atoms with van der Waals surface area (Å²) in [6, 6.07) is 8.34. The molecule has 118 valence electrons. The highest BCUT2D eigenvalue weighted by Gasteiger charge is 2.06. The largest absolute Gasteiger partial charge is 0.469 e. The number of carbonyl (C=O) groups is 1. The number of carbonyl (C=O) groups excluding carboxylic acids is 1. The molecule has 0 saturated carbocycles. The second-order valence-electron chi connectivity index (χ2n) is 4.76. The third-order valence-electron chi connectivity index (χ3n) is 3.01. The van der Waals surface area contributed by atoms with Crippen LogP contribution in [0.15, 0.2) is 41.0 Å². The van der Waals surface area contributed by atoms with Crippen LogP contribution in [0.1, 0.15) is 17.7 Å². The number of hydrogen-bond donors (Lipinski definition) is 1. The number of benzene rings is 1. The molecule has 0 spiro atoms. The number of aryl methyl sites for hydroxylation is 1. The molecule has 0 saturated heterocycles. The van der Waals surface area contributed by atoms with Crippen molar-refractivity contribution in [3.63, 3.8) is 0 Å². The first kappa shape index (κ1) is 16.9. The second-order valence-corrected chi connectivity index (χ2v) is 6.18. The molecule has 0 aliphatic rings. The van der Waals surface area contributed by atoms with Gasteiger partial charge in [-0.1, -0.05) is 17.7 Å². The smallest absolute Gasteiger partial charge is 0.230 e. The summed E-state index contributed by atoms with van der Waals surface area (Å²) in [6.07, 6.45) is 3.27. The van der Waals surface area contributed by atoms with Crippen molar-refractivity contribution in [3.05, 3.63) is 58.8 Å². The Kier molecular flexibility index (Phi) is 6.80. The zero-order valence-corrected chi connectivity index (χ0v) is 13.6. The topological polar surface area (TPSA) is 42.2 Å². The lowest BCUT2D eigenvalue weighted by Crippen LogP contribution is -2.26. The van der Waals surface area contributed by atoms with E-state index < -0.39 is 0 Å². The molecule has 22 heavy (non-hydrogen) atoms. The molecule has 0 atom stereocenters. The Balaban J connectivity index is 1.59. The van der Waals surface area contributed by atoms with Crippen molar-refractivity contribution in [2.24, 2.45) is 0 Å². The molecule has 6 heteroatoms. The molecular formula is C16H17ClFNO2S. The van der Waals surface area contributed by atoms with Gasteiger partial charge in [-0.3, -0.25) is 4.79 Å². The third kappa shape index (κ3) is 5.73. The molecule has 0 fully saturated rings. The monoisotopic (exact) mass is 341 g/mol. The molecule has 1 N–H and O–H groups in total. The molecule has 0 bridgehead atoms. The molecule has 0 aliphatic heterocycles. The summed E-state index contributed by atoms with van der Waals surface area (Å²) < 4.78 is 18.8. The van der Waals surface area contributed by atoms with Gasteiger partial charge in [-0.2, -0.15) is 0 Å². The van der Waals surface area contributed by atoms with Crippen LogP contribution in [-0.4, -0.2) is 18.2 Å². The lowest BCUT2D eigenvalue weighted by atomic mass is 10.2. The van der Waals surface area contributed by atoms with E-state index in [1.54, 1.807) is 18.4 Å². The first-order chi connectivity index (χ1) is 10.6. The van der Waals surface area contributed by atoms with E-state index in [0.29, 0.717) is 28.6 Å². The quantitative estimate of drug-likeness (QED) is 0.736. The van der Waals surface area contributed by atoms with Gasteiger partial charge in [-0.15, -0.1) is 11.8 Å². The van der Waals surface area contributed by atoms with Crippen LogP contribution < -0.4 is 5.32 Å². The van der Waals surface area contributed by atoms with Crippen molar-refractivity contribution in [1.29, 1.82) is 0 Å². The summed E-state index contributed by atoms with van der Waals surface area (Å²) in [6.45, 7) is 0.607. The summed E-state index contributed by atoms with van der Waals surface area (Å²) >= 11 is 7.07. The molecule has 0 radical (unpaired) electrons. The zero-order valence-electron chi connectivity index (χ0n) is 12.0. The van der Waals surface area contributed by atoms with Crippen LogP contribution in [-0.2, 0) is 17.0 Å². The van der Waals surface area contributed by atoms with Crippen molar-refractivity contribution in [2.75, 3.05) is 12.3 Å². The number of hydrogen-bond acceptors (Lipinski definition) is 3. The highest BCUT2D eigenvalue weighted by atomic mass is 35.5. The van der Waals surface area contributed by atoms with Gasteiger partial charge in [0.2, 0.25) is 5.91 Å². The fraction of sp³-hybridized carbons (Fsp3) is 0.312. The number of amides is 1. The molecule has 1 aromatic heterocycles. The Bertz CT molecular complexity index is 604. The zero-order chi connectivity index (χ0) is 15.8. The standard InChI is InChI=1S/C16H17ClFNO2S/c17-13-6-5-12(15(18)9-13)10-22-11-16(20)19-7-1-3-14-4-2-8-21-14/h2,4-6,8-9H,1,3,7,10-11H2,(H,19,20). The number of nitrogens with one attached hydrogen (secondary N) is 1. The molecular weight excluding hydrogens is 325 g/mol. The van der Waals surface area contributed by atoms with E-state index in [1.165, 1.54) is 17.8 Å². The summed E-state index contributed by atoms with van der Waals surface area (Å²) in [5.74, 6) is 1.30. The van der Waals surface area contributed by atoms with Gasteiger partial charge in [0.15, 0.2) is 0 Å². The van der Waals surface area contributed by atoms with E-state index in [9.17, 15) is 9.18 Å². The van der Waals surface area contributed by atoms with Gasteiger partial charge in [0, 0.05) is 23.7 Å². The SMILES string of the molecule is O=C(CSCc1ccc(Cl)cc1F)NCCCc1ccco1. The number of rotatable bonds is 8. The van der Waals surface area contributed by atoms with E-state index in [2.05, 4.69) is 5.32 Å². The molecule has 1 amide bonds. The molecule has 0 unspecified atom stereocenters. The first-order valence-corrected chi connectivity index (χ1v) is 8.49. The molecule has 2 rings (SSSR count). The van der Waals surface area contributed by atoms with Gasteiger partial charge in [-0.05, 0) is 36.2 Å². The Labute approximate surface area is 138 Å². The number of halogens is 2. The van der Waals surface area contributed by atoms with Gasteiger partial charge in [0.1, 0.15) is 11.6 Å². The predicted molar refractivity (Wildman–Crippen MR) is 87.6 cm³/mol. The average molecular weight is 342 g/mol. The van der Waals surface area contributed by atoms with E-state index in [4.69, 9.17) is 16.0 Å². The highest BCUT2D eigenvalue weighted by Crippen LogP contribution is 2.19. The molecule has 1 heterocycles. The third-order valence-corrected chi connectivity index (χ3v) is 4.22. The van der Waals surface area contributed by atoms with Gasteiger partial charge < -0.3 is 9.73 Å². The van der Waals surface area contributed by atoms with Crippen molar-refractivity contribution in [2.45, 2.75) is 18.6 Å². The molecule has 2 aromatic rings. The fourth-order valence-electron chi connectivity index (χ4n) is 1.89. The lowest BCUT2D eigenvalue weighted by molar-refractivity contribution is -0.118. The maximum atomic E-state index is 13.6. The first-order valence-electron chi connectivity index (χ1n) is 6.96. The van der Waals surface area contributed by atoms with Crippen LogP contribution in [0, 0.1) is 5.82 Å². The fourth-order valence-corrected chi connectivity index (χ4v) is 2.89. The summed E-state index contributed by atoms with van der Waals surface area (Å²) in [5.41, 5.74) is 0.556. The van der Waals surface area contributed by atoms with Gasteiger partial charge in [-0.25, -0.2) is 4.39 Å². The van der Waals surface area contributed by atoms with E-state index in [1.807, 2.05) is 12.1 Å². The Hall–Kier alpha value is -1.46. The van der Waals surface area contributed by atoms with Crippen LogP contribution in [0.3, 0.4) is 0 Å². The molecule has 1 aromatic carbocycles. The van der Waals surface area contributed by atoms with Crippen LogP contribution in [0.2, 0.25) is 5.02 Å². The maximum absolute atomic E-state index is 13.6. The number of thioether (sulfide) groups is 1. The second kappa shape index (κ2) is 8.86.